The number of carbonyl (C=O) groups excluding carboxylic acids is 1. The van der Waals surface area contributed by atoms with Crippen molar-refractivity contribution >= 4 is 38.3 Å². The lowest BCUT2D eigenvalue weighted by atomic mass is 9.89. The third-order valence-corrected chi connectivity index (χ3v) is 5.99. The molecular formula is C18H21BrN2OS. The van der Waals surface area contributed by atoms with Crippen LogP contribution in [0.2, 0.25) is 0 Å². The van der Waals surface area contributed by atoms with Gasteiger partial charge < -0.3 is 5.32 Å². The average molecular weight is 393 g/mol. The number of hydrogen-bond donors (Lipinski definition) is 1. The number of halogens is 1. The Bertz CT molecular complexity index is 675. The second-order valence-corrected chi connectivity index (χ2v) is 7.97. The van der Waals surface area contributed by atoms with Crippen LogP contribution in [0.5, 0.6) is 0 Å². The van der Waals surface area contributed by atoms with Gasteiger partial charge in [0.25, 0.3) is 0 Å². The van der Waals surface area contributed by atoms with Crippen molar-refractivity contribution < 1.29 is 4.79 Å². The Labute approximate surface area is 149 Å². The Kier molecular flexibility index (Phi) is 5.49. The standard InChI is InChI=1S/C18H21BrN2OS/c1-2-15-16(12-8-10-14(19)11-9-12)20-18(23-15)21-17(22)13-6-4-3-5-7-13/h8-11,13H,2-7H2,1H3,(H,20,21,22). The normalized spacial score (nSPS) is 15.6. The summed E-state index contributed by atoms with van der Waals surface area (Å²) in [4.78, 5) is 18.3. The maximum absolute atomic E-state index is 12.4. The van der Waals surface area contributed by atoms with Crippen molar-refractivity contribution in [1.82, 2.24) is 4.98 Å². The molecule has 1 N–H and O–H groups in total. The number of aromatic nitrogens is 1. The van der Waals surface area contributed by atoms with E-state index in [0.29, 0.717) is 0 Å². The van der Waals surface area contributed by atoms with Gasteiger partial charge >= 0.3 is 0 Å². The zero-order valence-corrected chi connectivity index (χ0v) is 15.7. The molecular weight excluding hydrogens is 372 g/mol. The van der Waals surface area contributed by atoms with Crippen molar-refractivity contribution in [2.75, 3.05) is 5.32 Å². The van der Waals surface area contributed by atoms with Gasteiger partial charge in [0.2, 0.25) is 5.91 Å². The molecule has 0 saturated heterocycles. The van der Waals surface area contributed by atoms with Gasteiger partial charge in [0, 0.05) is 20.8 Å². The molecule has 5 heteroatoms. The summed E-state index contributed by atoms with van der Waals surface area (Å²) < 4.78 is 1.06. The summed E-state index contributed by atoms with van der Waals surface area (Å²) in [5.74, 6) is 0.303. The number of amides is 1. The highest BCUT2D eigenvalue weighted by Gasteiger charge is 2.22. The van der Waals surface area contributed by atoms with Gasteiger partial charge in [-0.1, -0.05) is 54.2 Å². The first kappa shape index (κ1) is 16.7. The van der Waals surface area contributed by atoms with Gasteiger partial charge in [-0.05, 0) is 31.4 Å². The van der Waals surface area contributed by atoms with Crippen molar-refractivity contribution in [1.29, 1.82) is 0 Å². The lowest BCUT2D eigenvalue weighted by Gasteiger charge is -2.19. The number of benzene rings is 1. The molecule has 1 aliphatic rings. The average Bonchev–Trinajstić information content (AvgIpc) is 2.99. The van der Waals surface area contributed by atoms with Crippen LogP contribution in [0, 0.1) is 5.92 Å². The van der Waals surface area contributed by atoms with E-state index < -0.39 is 0 Å². The molecule has 1 saturated carbocycles. The van der Waals surface area contributed by atoms with Crippen LogP contribution in [0.3, 0.4) is 0 Å². The molecule has 0 spiro atoms. The summed E-state index contributed by atoms with van der Waals surface area (Å²) in [6.45, 7) is 2.13. The molecule has 3 rings (SSSR count). The summed E-state index contributed by atoms with van der Waals surface area (Å²) in [5, 5.41) is 3.78. The summed E-state index contributed by atoms with van der Waals surface area (Å²) in [5.41, 5.74) is 2.09. The van der Waals surface area contributed by atoms with Crippen molar-refractivity contribution in [3.63, 3.8) is 0 Å². The van der Waals surface area contributed by atoms with Crippen molar-refractivity contribution in [2.45, 2.75) is 45.4 Å². The minimum atomic E-state index is 0.142. The fraction of sp³-hybridized carbons (Fsp3) is 0.444. The van der Waals surface area contributed by atoms with Crippen LogP contribution in [0.25, 0.3) is 11.3 Å². The number of aryl methyl sites for hydroxylation is 1. The third-order valence-electron chi connectivity index (χ3n) is 4.34. The quantitative estimate of drug-likeness (QED) is 0.729. The van der Waals surface area contributed by atoms with E-state index in [-0.39, 0.29) is 11.8 Å². The van der Waals surface area contributed by atoms with Crippen LogP contribution < -0.4 is 5.32 Å². The van der Waals surface area contributed by atoms with Crippen molar-refractivity contribution in [3.8, 4) is 11.3 Å². The van der Waals surface area contributed by atoms with E-state index in [2.05, 4.69) is 45.3 Å². The largest absolute Gasteiger partial charge is 0.302 e. The molecule has 0 radical (unpaired) electrons. The molecule has 2 aromatic rings. The molecule has 0 bridgehead atoms. The fourth-order valence-corrected chi connectivity index (χ4v) is 4.24. The molecule has 1 aliphatic carbocycles. The Morgan fingerprint density at radius 1 is 1.26 bits per heavy atom. The third kappa shape index (κ3) is 4.01. The molecule has 0 atom stereocenters. The highest BCUT2D eigenvalue weighted by Crippen LogP contribution is 2.33. The first-order chi connectivity index (χ1) is 11.2. The molecule has 1 aromatic heterocycles. The van der Waals surface area contributed by atoms with E-state index in [1.165, 1.54) is 24.1 Å². The van der Waals surface area contributed by atoms with Crippen LogP contribution in [0.15, 0.2) is 28.7 Å². The Hall–Kier alpha value is -1.20. The maximum atomic E-state index is 12.4. The van der Waals surface area contributed by atoms with Gasteiger partial charge in [-0.2, -0.15) is 0 Å². The van der Waals surface area contributed by atoms with E-state index in [1.807, 2.05) is 12.1 Å². The van der Waals surface area contributed by atoms with Gasteiger partial charge in [0.1, 0.15) is 0 Å². The number of thiazole rings is 1. The summed E-state index contributed by atoms with van der Waals surface area (Å²) in [7, 11) is 0. The summed E-state index contributed by atoms with van der Waals surface area (Å²) in [6.07, 6.45) is 6.53. The SMILES string of the molecule is CCc1sc(NC(=O)C2CCCCC2)nc1-c1ccc(Br)cc1. The van der Waals surface area contributed by atoms with Crippen molar-refractivity contribution in [3.05, 3.63) is 33.6 Å². The monoisotopic (exact) mass is 392 g/mol. The second-order valence-electron chi connectivity index (χ2n) is 5.98. The molecule has 0 aliphatic heterocycles. The molecule has 23 heavy (non-hydrogen) atoms. The van der Waals surface area contributed by atoms with Crippen LogP contribution in [-0.2, 0) is 11.2 Å². The number of anilines is 1. The Morgan fingerprint density at radius 3 is 2.61 bits per heavy atom. The number of nitrogens with zero attached hydrogens (tertiary/aromatic N) is 1. The smallest absolute Gasteiger partial charge is 0.229 e. The van der Waals surface area contributed by atoms with E-state index in [4.69, 9.17) is 0 Å². The van der Waals surface area contributed by atoms with Crippen LogP contribution in [0.1, 0.15) is 43.9 Å². The number of rotatable bonds is 4. The van der Waals surface area contributed by atoms with E-state index in [1.54, 1.807) is 11.3 Å². The molecule has 3 nitrogen and oxygen atoms in total. The fourth-order valence-electron chi connectivity index (χ4n) is 3.05. The predicted molar refractivity (Wildman–Crippen MR) is 99.8 cm³/mol. The van der Waals surface area contributed by atoms with Crippen LogP contribution in [-0.4, -0.2) is 10.9 Å². The minimum absolute atomic E-state index is 0.142. The van der Waals surface area contributed by atoms with Gasteiger partial charge in [0.05, 0.1) is 5.69 Å². The predicted octanol–water partition coefficient (Wildman–Crippen LogP) is 5.65. The Balaban J connectivity index is 1.78. The lowest BCUT2D eigenvalue weighted by molar-refractivity contribution is -0.120. The highest BCUT2D eigenvalue weighted by molar-refractivity contribution is 9.10. The van der Waals surface area contributed by atoms with Gasteiger partial charge in [0.15, 0.2) is 5.13 Å². The van der Waals surface area contributed by atoms with Crippen LogP contribution in [0.4, 0.5) is 5.13 Å². The van der Waals surface area contributed by atoms with E-state index >= 15 is 0 Å². The molecule has 122 valence electrons. The van der Waals surface area contributed by atoms with Gasteiger partial charge in [-0.25, -0.2) is 4.98 Å². The molecule has 0 unspecified atom stereocenters. The van der Waals surface area contributed by atoms with Crippen molar-refractivity contribution in [2.24, 2.45) is 5.92 Å². The highest BCUT2D eigenvalue weighted by atomic mass is 79.9. The molecule has 1 fully saturated rings. The van der Waals surface area contributed by atoms with Gasteiger partial charge in [-0.15, -0.1) is 11.3 Å². The summed E-state index contributed by atoms with van der Waals surface area (Å²) in [6, 6.07) is 8.17. The minimum Gasteiger partial charge on any atom is -0.302 e. The number of carbonyl (C=O) groups is 1. The topological polar surface area (TPSA) is 42.0 Å². The lowest BCUT2D eigenvalue weighted by Crippen LogP contribution is -2.24. The number of hydrogen-bond acceptors (Lipinski definition) is 3. The zero-order chi connectivity index (χ0) is 16.2. The first-order valence-corrected chi connectivity index (χ1v) is 9.85. The molecule has 1 aromatic carbocycles. The molecule has 1 heterocycles. The maximum Gasteiger partial charge on any atom is 0.229 e. The molecule has 1 amide bonds. The van der Waals surface area contributed by atoms with E-state index in [9.17, 15) is 4.79 Å². The summed E-state index contributed by atoms with van der Waals surface area (Å²) >= 11 is 5.06. The first-order valence-electron chi connectivity index (χ1n) is 8.24. The Morgan fingerprint density at radius 2 is 1.96 bits per heavy atom. The number of nitrogens with one attached hydrogen (secondary N) is 1. The van der Waals surface area contributed by atoms with Gasteiger partial charge in [-0.3, -0.25) is 4.79 Å². The van der Waals surface area contributed by atoms with E-state index in [0.717, 1.165) is 40.1 Å². The zero-order valence-electron chi connectivity index (χ0n) is 13.3. The second kappa shape index (κ2) is 7.58. The van der Waals surface area contributed by atoms with Crippen LogP contribution >= 0.6 is 27.3 Å².